The quantitative estimate of drug-likeness (QED) is 0.744. The van der Waals surface area contributed by atoms with Crippen LogP contribution in [0.5, 0.6) is 0 Å². The first kappa shape index (κ1) is 13.2. The maximum atomic E-state index is 6.08. The van der Waals surface area contributed by atoms with E-state index in [1.165, 1.54) is 17.7 Å². The molecule has 1 aliphatic carbocycles. The fraction of sp³-hybridized carbons (Fsp3) is 0.357. The lowest BCUT2D eigenvalue weighted by molar-refractivity contribution is 0.785. The number of rotatable bonds is 5. The lowest BCUT2D eigenvalue weighted by atomic mass is 10.2. The van der Waals surface area contributed by atoms with Crippen LogP contribution < -0.4 is 4.90 Å². The summed E-state index contributed by atoms with van der Waals surface area (Å²) in [7, 11) is 0. The molecular weight excluding hydrogens is 299 g/mol. The maximum Gasteiger partial charge on any atom is 0.129 e. The fourth-order valence-corrected chi connectivity index (χ4v) is 3.24. The number of hydrogen-bond acceptors (Lipinski definition) is 3. The van der Waals surface area contributed by atoms with Gasteiger partial charge in [0.2, 0.25) is 0 Å². The molecule has 2 heterocycles. The highest BCUT2D eigenvalue weighted by atomic mass is 35.5. The van der Waals surface area contributed by atoms with Crippen LogP contribution in [0.3, 0.4) is 0 Å². The van der Waals surface area contributed by atoms with Crippen molar-refractivity contribution in [3.05, 3.63) is 45.2 Å². The van der Waals surface area contributed by atoms with Crippen molar-refractivity contribution < 1.29 is 0 Å². The smallest absolute Gasteiger partial charge is 0.129 e. The lowest BCUT2D eigenvalue weighted by Crippen LogP contribution is -2.25. The van der Waals surface area contributed by atoms with Gasteiger partial charge in [-0.15, -0.1) is 22.9 Å². The molecule has 19 heavy (non-hydrogen) atoms. The predicted molar refractivity (Wildman–Crippen MR) is 82.3 cm³/mol. The van der Waals surface area contributed by atoms with Crippen molar-refractivity contribution in [3.63, 3.8) is 0 Å². The minimum absolute atomic E-state index is 0.422. The Morgan fingerprint density at radius 3 is 2.89 bits per heavy atom. The van der Waals surface area contributed by atoms with Crippen LogP contribution in [0.15, 0.2) is 29.8 Å². The first-order chi connectivity index (χ1) is 9.28. The van der Waals surface area contributed by atoms with E-state index in [4.69, 9.17) is 23.2 Å². The van der Waals surface area contributed by atoms with E-state index in [1.54, 1.807) is 17.5 Å². The summed E-state index contributed by atoms with van der Waals surface area (Å²) in [5.74, 6) is 1.40. The summed E-state index contributed by atoms with van der Waals surface area (Å²) in [5.41, 5.74) is 0.949. The van der Waals surface area contributed by atoms with Gasteiger partial charge in [-0.05, 0) is 35.9 Å². The van der Waals surface area contributed by atoms with E-state index in [-0.39, 0.29) is 0 Å². The molecule has 1 aliphatic rings. The molecule has 2 aromatic rings. The summed E-state index contributed by atoms with van der Waals surface area (Å²) in [6, 6.07) is 6.88. The van der Waals surface area contributed by atoms with Crippen molar-refractivity contribution in [2.24, 2.45) is 0 Å². The molecule has 1 fully saturated rings. The van der Waals surface area contributed by atoms with Crippen molar-refractivity contribution in [2.45, 2.75) is 31.3 Å². The van der Waals surface area contributed by atoms with Gasteiger partial charge in [0.25, 0.3) is 0 Å². The summed E-state index contributed by atoms with van der Waals surface area (Å²) >= 11 is 13.8. The Labute approximate surface area is 127 Å². The average molecular weight is 313 g/mol. The number of alkyl halides is 1. The van der Waals surface area contributed by atoms with Crippen molar-refractivity contribution in [2.75, 3.05) is 4.90 Å². The van der Waals surface area contributed by atoms with E-state index in [0.717, 1.165) is 17.9 Å². The van der Waals surface area contributed by atoms with Crippen molar-refractivity contribution >= 4 is 40.4 Å². The zero-order chi connectivity index (χ0) is 13.2. The van der Waals surface area contributed by atoms with Gasteiger partial charge in [-0.1, -0.05) is 17.7 Å². The molecule has 2 nitrogen and oxygen atoms in total. The Bertz CT molecular complexity index is 553. The highest BCUT2D eigenvalue weighted by Gasteiger charge is 2.30. The minimum Gasteiger partial charge on any atom is -0.348 e. The molecule has 2 aromatic heterocycles. The third kappa shape index (κ3) is 3.04. The Morgan fingerprint density at radius 2 is 2.26 bits per heavy atom. The van der Waals surface area contributed by atoms with E-state index >= 15 is 0 Å². The van der Waals surface area contributed by atoms with Gasteiger partial charge in [-0.2, -0.15) is 0 Å². The number of nitrogens with zero attached hydrogens (tertiary/aromatic N) is 2. The van der Waals surface area contributed by atoms with Crippen LogP contribution in [0.1, 0.15) is 23.3 Å². The number of hydrogen-bond donors (Lipinski definition) is 0. The van der Waals surface area contributed by atoms with Gasteiger partial charge in [-0.3, -0.25) is 0 Å². The van der Waals surface area contributed by atoms with Crippen LogP contribution in [0, 0.1) is 0 Å². The second-order valence-corrected chi connectivity index (χ2v) is 6.41. The van der Waals surface area contributed by atoms with Gasteiger partial charge in [0.1, 0.15) is 5.82 Å². The Morgan fingerprint density at radius 1 is 1.42 bits per heavy atom. The van der Waals surface area contributed by atoms with Crippen LogP contribution >= 0.6 is 34.5 Å². The van der Waals surface area contributed by atoms with Gasteiger partial charge in [0, 0.05) is 23.0 Å². The van der Waals surface area contributed by atoms with E-state index < -0.39 is 0 Å². The van der Waals surface area contributed by atoms with E-state index in [9.17, 15) is 0 Å². The van der Waals surface area contributed by atoms with Crippen molar-refractivity contribution in [1.82, 2.24) is 4.98 Å². The second kappa shape index (κ2) is 5.70. The molecule has 100 valence electrons. The maximum absolute atomic E-state index is 6.08. The summed E-state index contributed by atoms with van der Waals surface area (Å²) < 4.78 is 0. The molecule has 0 unspecified atom stereocenters. The SMILES string of the molecule is ClCc1cc(N(Cc2cccs2)C2CC2)ncc1Cl. The fourth-order valence-electron chi connectivity index (χ4n) is 2.08. The molecule has 3 rings (SSSR count). The molecule has 0 spiro atoms. The summed E-state index contributed by atoms with van der Waals surface area (Å²) in [6.07, 6.45) is 4.19. The summed E-state index contributed by atoms with van der Waals surface area (Å²) in [6.45, 7) is 0.915. The minimum atomic E-state index is 0.422. The topological polar surface area (TPSA) is 16.1 Å². The van der Waals surface area contributed by atoms with Crippen LogP contribution in [0.25, 0.3) is 0 Å². The molecule has 1 saturated carbocycles. The number of pyridine rings is 1. The molecule has 0 N–H and O–H groups in total. The molecule has 0 atom stereocenters. The second-order valence-electron chi connectivity index (χ2n) is 4.71. The third-order valence-corrected chi connectivity index (χ3v) is 4.74. The molecular formula is C14H14Cl2N2S. The first-order valence-electron chi connectivity index (χ1n) is 6.27. The van der Waals surface area contributed by atoms with E-state index in [0.29, 0.717) is 16.9 Å². The number of thiophene rings is 1. The molecule has 0 amide bonds. The average Bonchev–Trinajstić information content (AvgIpc) is 3.14. The van der Waals surface area contributed by atoms with Crippen LogP contribution in [0.2, 0.25) is 5.02 Å². The van der Waals surface area contributed by atoms with Crippen LogP contribution in [-0.2, 0) is 12.4 Å². The number of anilines is 1. The summed E-state index contributed by atoms with van der Waals surface area (Å²) in [4.78, 5) is 8.19. The third-order valence-electron chi connectivity index (χ3n) is 3.25. The Kier molecular flexibility index (Phi) is 3.96. The Balaban J connectivity index is 1.87. The molecule has 0 radical (unpaired) electrons. The highest BCUT2D eigenvalue weighted by molar-refractivity contribution is 7.09. The van der Waals surface area contributed by atoms with Gasteiger partial charge < -0.3 is 4.90 Å². The first-order valence-corrected chi connectivity index (χ1v) is 8.06. The van der Waals surface area contributed by atoms with Gasteiger partial charge >= 0.3 is 0 Å². The molecule has 5 heteroatoms. The van der Waals surface area contributed by atoms with Crippen LogP contribution in [0.4, 0.5) is 5.82 Å². The zero-order valence-electron chi connectivity index (χ0n) is 10.4. The summed E-state index contributed by atoms with van der Waals surface area (Å²) in [5, 5.41) is 2.76. The largest absolute Gasteiger partial charge is 0.348 e. The molecule has 0 aliphatic heterocycles. The molecule has 0 bridgehead atoms. The van der Waals surface area contributed by atoms with Gasteiger partial charge in [-0.25, -0.2) is 4.98 Å². The predicted octanol–water partition coefficient (Wildman–Crippen LogP) is 4.70. The lowest BCUT2D eigenvalue weighted by Gasteiger charge is -2.23. The molecule has 0 aromatic carbocycles. The van der Waals surface area contributed by atoms with E-state index in [2.05, 4.69) is 27.4 Å². The standard InChI is InChI=1S/C14H14Cl2N2S/c15-7-10-6-14(17-8-13(10)16)18(11-3-4-11)9-12-2-1-5-19-12/h1-2,5-6,8,11H,3-4,7,9H2. The van der Waals surface area contributed by atoms with Gasteiger partial charge in [0.05, 0.1) is 11.6 Å². The van der Waals surface area contributed by atoms with Crippen LogP contribution in [-0.4, -0.2) is 11.0 Å². The Hall–Kier alpha value is -0.770. The van der Waals surface area contributed by atoms with Gasteiger partial charge in [0.15, 0.2) is 0 Å². The number of aromatic nitrogens is 1. The molecule has 0 saturated heterocycles. The van der Waals surface area contributed by atoms with Crippen molar-refractivity contribution in [3.8, 4) is 0 Å². The normalized spacial score (nSPS) is 14.6. The zero-order valence-corrected chi connectivity index (χ0v) is 12.7. The van der Waals surface area contributed by atoms with E-state index in [1.807, 2.05) is 6.07 Å². The number of halogens is 2. The monoisotopic (exact) mass is 312 g/mol. The highest BCUT2D eigenvalue weighted by Crippen LogP contribution is 2.34. The van der Waals surface area contributed by atoms with Crippen molar-refractivity contribution in [1.29, 1.82) is 0 Å².